The van der Waals surface area contributed by atoms with Gasteiger partial charge >= 0.3 is 0 Å². The molecule has 124 valence electrons. The van der Waals surface area contributed by atoms with Gasteiger partial charge in [-0.05, 0) is 37.5 Å². The summed E-state index contributed by atoms with van der Waals surface area (Å²) in [4.78, 5) is 28.8. The number of halogens is 2. The van der Waals surface area contributed by atoms with Gasteiger partial charge in [0.2, 0.25) is 5.91 Å². The molecule has 2 N–H and O–H groups in total. The number of benzene rings is 1. The number of nitrogens with zero attached hydrogens (tertiary/aromatic N) is 1. The third-order valence-corrected chi connectivity index (χ3v) is 5.56. The predicted octanol–water partition coefficient (Wildman–Crippen LogP) is 2.75. The molecule has 5 nitrogen and oxygen atoms in total. The molecule has 1 spiro atoms. The molecule has 24 heavy (non-hydrogen) atoms. The lowest BCUT2D eigenvalue weighted by atomic mass is 10.1. The Morgan fingerprint density at radius 1 is 1.42 bits per heavy atom. The van der Waals surface area contributed by atoms with Crippen LogP contribution in [0.2, 0.25) is 5.02 Å². The minimum Gasteiger partial charge on any atom is -0.349 e. The van der Waals surface area contributed by atoms with Gasteiger partial charge in [0.1, 0.15) is 21.7 Å². The molecule has 0 radical (unpaired) electrons. The molecule has 2 aromatic rings. The standard InChI is InChI=1S/C16H13ClFN3O2S/c17-9-3-8(4-10(18)5-9)15-19-7-12(24-15)14(23)20-11-6-16(1-2-16)21-13(11)22/h3-5,7,11H,1-2,6H2,(H,20,23)(H,21,22). The van der Waals surface area contributed by atoms with E-state index in [9.17, 15) is 14.0 Å². The van der Waals surface area contributed by atoms with Gasteiger partial charge in [-0.25, -0.2) is 9.37 Å². The molecule has 0 bridgehead atoms. The number of nitrogens with one attached hydrogen (secondary N) is 2. The van der Waals surface area contributed by atoms with Gasteiger partial charge in [-0.2, -0.15) is 0 Å². The van der Waals surface area contributed by atoms with Crippen LogP contribution in [0.5, 0.6) is 0 Å². The molecule has 1 aromatic carbocycles. The lowest BCUT2D eigenvalue weighted by Crippen LogP contribution is -2.39. The molecular formula is C16H13ClFN3O2S. The summed E-state index contributed by atoms with van der Waals surface area (Å²) in [6.07, 6.45) is 3.99. The molecule has 1 unspecified atom stereocenters. The summed E-state index contributed by atoms with van der Waals surface area (Å²) in [5, 5.41) is 6.44. The zero-order valence-electron chi connectivity index (χ0n) is 12.4. The number of aromatic nitrogens is 1. The number of carbonyl (C=O) groups is 2. The van der Waals surface area contributed by atoms with E-state index in [4.69, 9.17) is 11.6 Å². The van der Waals surface area contributed by atoms with Crippen LogP contribution in [0.1, 0.15) is 28.9 Å². The van der Waals surface area contributed by atoms with Gasteiger partial charge in [-0.15, -0.1) is 11.3 Å². The van der Waals surface area contributed by atoms with Crippen molar-refractivity contribution in [1.82, 2.24) is 15.6 Å². The van der Waals surface area contributed by atoms with Crippen molar-refractivity contribution < 1.29 is 14.0 Å². The maximum absolute atomic E-state index is 13.4. The Morgan fingerprint density at radius 3 is 2.88 bits per heavy atom. The summed E-state index contributed by atoms with van der Waals surface area (Å²) in [6, 6.07) is 3.60. The van der Waals surface area contributed by atoms with Crippen LogP contribution >= 0.6 is 22.9 Å². The first kappa shape index (κ1) is 15.5. The van der Waals surface area contributed by atoms with Gasteiger partial charge in [0.05, 0.1) is 6.20 Å². The summed E-state index contributed by atoms with van der Waals surface area (Å²) in [7, 11) is 0. The van der Waals surface area contributed by atoms with Gasteiger partial charge in [0, 0.05) is 16.1 Å². The zero-order chi connectivity index (χ0) is 16.9. The van der Waals surface area contributed by atoms with Crippen LogP contribution in [-0.4, -0.2) is 28.4 Å². The van der Waals surface area contributed by atoms with Crippen molar-refractivity contribution in [2.75, 3.05) is 0 Å². The molecule has 1 aromatic heterocycles. The second-order valence-electron chi connectivity index (χ2n) is 6.19. The second kappa shape index (κ2) is 5.53. The molecule has 2 aliphatic rings. The highest BCUT2D eigenvalue weighted by Gasteiger charge is 2.52. The molecule has 1 aliphatic carbocycles. The van der Waals surface area contributed by atoms with Crippen LogP contribution in [0.4, 0.5) is 4.39 Å². The quantitative estimate of drug-likeness (QED) is 0.878. The predicted molar refractivity (Wildman–Crippen MR) is 88.5 cm³/mol. The third-order valence-electron chi connectivity index (χ3n) is 4.30. The van der Waals surface area contributed by atoms with Gasteiger partial charge in [-0.1, -0.05) is 11.6 Å². The molecule has 1 saturated carbocycles. The molecule has 8 heteroatoms. The van der Waals surface area contributed by atoms with E-state index in [1.54, 1.807) is 6.07 Å². The number of thiazole rings is 1. The van der Waals surface area contributed by atoms with Crippen molar-refractivity contribution in [1.29, 1.82) is 0 Å². The molecule has 1 saturated heterocycles. The van der Waals surface area contributed by atoms with E-state index in [0.29, 0.717) is 21.9 Å². The SMILES string of the molecule is O=C(NC1CC2(CC2)NC1=O)c1cnc(-c2cc(F)cc(Cl)c2)s1. The Kier molecular flexibility index (Phi) is 3.58. The summed E-state index contributed by atoms with van der Waals surface area (Å²) < 4.78 is 13.4. The Balaban J connectivity index is 1.50. The smallest absolute Gasteiger partial charge is 0.263 e. The van der Waals surface area contributed by atoms with E-state index in [0.717, 1.165) is 24.2 Å². The first-order valence-electron chi connectivity index (χ1n) is 7.49. The van der Waals surface area contributed by atoms with Gasteiger partial charge < -0.3 is 10.6 Å². The van der Waals surface area contributed by atoms with Crippen molar-refractivity contribution in [2.24, 2.45) is 0 Å². The summed E-state index contributed by atoms with van der Waals surface area (Å²) in [5.41, 5.74) is 0.422. The van der Waals surface area contributed by atoms with Gasteiger partial charge in [0.15, 0.2) is 0 Å². The van der Waals surface area contributed by atoms with Crippen molar-refractivity contribution >= 4 is 34.8 Å². The monoisotopic (exact) mass is 365 g/mol. The second-order valence-corrected chi connectivity index (χ2v) is 7.65. The maximum Gasteiger partial charge on any atom is 0.263 e. The Bertz CT molecular complexity index is 829. The van der Waals surface area contributed by atoms with Gasteiger partial charge in [0.25, 0.3) is 5.91 Å². The Morgan fingerprint density at radius 2 is 2.21 bits per heavy atom. The van der Waals surface area contributed by atoms with Crippen molar-refractivity contribution in [3.8, 4) is 10.6 Å². The first-order chi connectivity index (χ1) is 11.4. The lowest BCUT2D eigenvalue weighted by molar-refractivity contribution is -0.121. The minimum absolute atomic E-state index is 0.0911. The summed E-state index contributed by atoms with van der Waals surface area (Å²) in [5.74, 6) is -0.947. The van der Waals surface area contributed by atoms with E-state index in [-0.39, 0.29) is 22.4 Å². The van der Waals surface area contributed by atoms with Crippen molar-refractivity contribution in [3.05, 3.63) is 40.1 Å². The summed E-state index contributed by atoms with van der Waals surface area (Å²) >= 11 is 6.98. The zero-order valence-corrected chi connectivity index (χ0v) is 14.0. The van der Waals surface area contributed by atoms with Crippen LogP contribution in [-0.2, 0) is 4.79 Å². The molecule has 1 aliphatic heterocycles. The molecular weight excluding hydrogens is 353 g/mol. The number of amides is 2. The number of rotatable bonds is 3. The lowest BCUT2D eigenvalue weighted by Gasteiger charge is -2.08. The van der Waals surface area contributed by atoms with Gasteiger partial charge in [-0.3, -0.25) is 9.59 Å². The fourth-order valence-electron chi connectivity index (χ4n) is 2.90. The third kappa shape index (κ3) is 2.89. The van der Waals surface area contributed by atoms with Crippen LogP contribution < -0.4 is 10.6 Å². The van der Waals surface area contributed by atoms with Crippen LogP contribution in [0.3, 0.4) is 0 Å². The molecule has 2 fully saturated rings. The fraction of sp³-hybridized carbons (Fsp3) is 0.312. The van der Waals surface area contributed by atoms with Crippen LogP contribution in [0, 0.1) is 5.82 Å². The van der Waals surface area contributed by atoms with Crippen molar-refractivity contribution in [2.45, 2.75) is 30.8 Å². The fourth-order valence-corrected chi connectivity index (χ4v) is 3.93. The van der Waals surface area contributed by atoms with E-state index in [1.807, 2.05) is 0 Å². The number of hydrogen-bond donors (Lipinski definition) is 2. The van der Waals surface area contributed by atoms with Crippen molar-refractivity contribution in [3.63, 3.8) is 0 Å². The average Bonchev–Trinajstić information content (AvgIpc) is 2.96. The largest absolute Gasteiger partial charge is 0.349 e. The molecule has 4 rings (SSSR count). The highest BCUT2D eigenvalue weighted by atomic mass is 35.5. The molecule has 2 amide bonds. The Hall–Kier alpha value is -1.99. The average molecular weight is 366 g/mol. The highest BCUT2D eigenvalue weighted by molar-refractivity contribution is 7.16. The van der Waals surface area contributed by atoms with E-state index >= 15 is 0 Å². The van der Waals surface area contributed by atoms with Crippen LogP contribution in [0.15, 0.2) is 24.4 Å². The van der Waals surface area contributed by atoms with E-state index in [1.165, 1.54) is 18.3 Å². The minimum atomic E-state index is -0.505. The molecule has 2 heterocycles. The maximum atomic E-state index is 13.4. The summed E-state index contributed by atoms with van der Waals surface area (Å²) in [6.45, 7) is 0. The number of carbonyl (C=O) groups excluding carboxylic acids is 2. The van der Waals surface area contributed by atoms with E-state index < -0.39 is 11.9 Å². The first-order valence-corrected chi connectivity index (χ1v) is 8.69. The van der Waals surface area contributed by atoms with E-state index in [2.05, 4.69) is 15.6 Å². The van der Waals surface area contributed by atoms with Crippen LogP contribution in [0.25, 0.3) is 10.6 Å². The molecule has 1 atom stereocenters. The highest BCUT2D eigenvalue weighted by Crippen LogP contribution is 2.43. The topological polar surface area (TPSA) is 71.1 Å². The Labute approximate surface area is 146 Å². The normalized spacial score (nSPS) is 20.9. The number of hydrogen-bond acceptors (Lipinski definition) is 4.